The van der Waals surface area contributed by atoms with Crippen molar-refractivity contribution in [2.24, 2.45) is 0 Å². The second-order valence-corrected chi connectivity index (χ2v) is 5.63. The summed E-state index contributed by atoms with van der Waals surface area (Å²) in [6.45, 7) is 3.59. The fraction of sp³-hybridized carbons (Fsp3) is 0.227. The molecular formula is C22H22O6. The zero-order valence-electron chi connectivity index (χ0n) is 15.8. The molecule has 0 atom stereocenters. The molecular weight excluding hydrogens is 360 g/mol. The second kappa shape index (κ2) is 10.7. The minimum absolute atomic E-state index is 0.109. The average Bonchev–Trinajstić information content (AvgIpc) is 2.69. The van der Waals surface area contributed by atoms with Crippen molar-refractivity contribution in [1.82, 2.24) is 0 Å². The molecule has 0 unspecified atom stereocenters. The highest BCUT2D eigenvalue weighted by Crippen LogP contribution is 2.26. The van der Waals surface area contributed by atoms with Crippen molar-refractivity contribution in [3.05, 3.63) is 66.2 Å². The Kier molecular flexibility index (Phi) is 7.96. The molecule has 146 valence electrons. The smallest absolute Gasteiger partial charge is 0.374 e. The number of carbonyl (C=O) groups excluding carboxylic acids is 3. The maximum atomic E-state index is 12.4. The summed E-state index contributed by atoms with van der Waals surface area (Å²) in [7, 11) is 0. The predicted octanol–water partition coefficient (Wildman–Crippen LogP) is 3.95. The summed E-state index contributed by atoms with van der Waals surface area (Å²) in [5.74, 6) is -1.08. The number of rotatable bonds is 9. The van der Waals surface area contributed by atoms with E-state index < -0.39 is 17.7 Å². The van der Waals surface area contributed by atoms with E-state index in [0.717, 1.165) is 0 Å². The Balaban J connectivity index is 2.26. The molecule has 0 radical (unpaired) electrons. The van der Waals surface area contributed by atoms with Crippen LogP contribution in [0, 0.1) is 0 Å². The minimum Gasteiger partial charge on any atom is -0.462 e. The molecule has 0 N–H and O–H groups in total. The van der Waals surface area contributed by atoms with Gasteiger partial charge in [0.25, 0.3) is 0 Å². The van der Waals surface area contributed by atoms with Crippen LogP contribution in [0.2, 0.25) is 0 Å². The first-order valence-corrected chi connectivity index (χ1v) is 8.95. The molecule has 0 bridgehead atoms. The molecule has 0 saturated carbocycles. The molecule has 0 aliphatic heterocycles. The van der Waals surface area contributed by atoms with Gasteiger partial charge in [0.05, 0.1) is 18.8 Å². The normalized spacial score (nSPS) is 10.9. The largest absolute Gasteiger partial charge is 0.462 e. The van der Waals surface area contributed by atoms with Gasteiger partial charge in [0.1, 0.15) is 11.5 Å². The monoisotopic (exact) mass is 382 g/mol. The number of ketones is 1. The fourth-order valence-electron chi connectivity index (χ4n) is 2.37. The first-order chi connectivity index (χ1) is 13.5. The van der Waals surface area contributed by atoms with E-state index in [4.69, 9.17) is 9.47 Å². The number of Topliss-reactive ketones (excluding diaryl/α,β-unsaturated/α-hetero) is 1. The Morgan fingerprint density at radius 1 is 0.821 bits per heavy atom. The van der Waals surface area contributed by atoms with Gasteiger partial charge in [0.15, 0.2) is 0 Å². The van der Waals surface area contributed by atoms with E-state index in [9.17, 15) is 14.4 Å². The standard InChI is InChI=1S/C22H22O6/c1-3-26-21(24)19(13-14-20(23)22(25)27-4-2)16-9-8-12-18(15-16)28-17-10-6-5-7-11-17/h5-13,15H,3-4,14H2,1-2H3. The molecule has 0 aliphatic carbocycles. The summed E-state index contributed by atoms with van der Waals surface area (Å²) in [5.41, 5.74) is 0.696. The lowest BCUT2D eigenvalue weighted by Crippen LogP contribution is -2.17. The van der Waals surface area contributed by atoms with E-state index in [2.05, 4.69) is 4.74 Å². The van der Waals surface area contributed by atoms with Crippen LogP contribution in [0.4, 0.5) is 0 Å². The van der Waals surface area contributed by atoms with Gasteiger partial charge in [-0.05, 0) is 43.7 Å². The molecule has 0 aromatic heterocycles. The van der Waals surface area contributed by atoms with E-state index >= 15 is 0 Å². The molecule has 0 spiro atoms. The van der Waals surface area contributed by atoms with Gasteiger partial charge in [-0.1, -0.05) is 36.4 Å². The minimum atomic E-state index is -0.928. The number of para-hydroxylation sites is 1. The third-order valence-electron chi connectivity index (χ3n) is 3.61. The number of carbonyl (C=O) groups is 3. The Morgan fingerprint density at radius 2 is 1.46 bits per heavy atom. The molecule has 2 aromatic rings. The molecule has 6 nitrogen and oxygen atoms in total. The number of allylic oxidation sites excluding steroid dienone is 1. The average molecular weight is 382 g/mol. The molecule has 0 saturated heterocycles. The summed E-state index contributed by atoms with van der Waals surface area (Å²) >= 11 is 0. The molecule has 0 amide bonds. The highest BCUT2D eigenvalue weighted by Gasteiger charge is 2.18. The Bertz CT molecular complexity index is 854. The van der Waals surface area contributed by atoms with Crippen LogP contribution in [-0.2, 0) is 23.9 Å². The van der Waals surface area contributed by atoms with Crippen LogP contribution in [0.5, 0.6) is 11.5 Å². The number of hydrogen-bond acceptors (Lipinski definition) is 6. The first-order valence-electron chi connectivity index (χ1n) is 8.95. The maximum Gasteiger partial charge on any atom is 0.374 e. The summed E-state index contributed by atoms with van der Waals surface area (Å²) in [5, 5.41) is 0. The molecule has 28 heavy (non-hydrogen) atoms. The maximum absolute atomic E-state index is 12.4. The summed E-state index contributed by atoms with van der Waals surface area (Å²) in [6, 6.07) is 16.1. The lowest BCUT2D eigenvalue weighted by atomic mass is 10.0. The van der Waals surface area contributed by atoms with Crippen LogP contribution in [-0.4, -0.2) is 30.9 Å². The van der Waals surface area contributed by atoms with E-state index in [1.165, 1.54) is 6.08 Å². The number of esters is 2. The van der Waals surface area contributed by atoms with E-state index in [0.29, 0.717) is 17.1 Å². The lowest BCUT2D eigenvalue weighted by molar-refractivity contribution is -0.153. The van der Waals surface area contributed by atoms with E-state index in [1.807, 2.05) is 30.3 Å². The van der Waals surface area contributed by atoms with E-state index in [-0.39, 0.29) is 25.2 Å². The van der Waals surface area contributed by atoms with Crippen LogP contribution in [0.1, 0.15) is 25.8 Å². The Morgan fingerprint density at radius 3 is 2.14 bits per heavy atom. The van der Waals surface area contributed by atoms with Gasteiger partial charge in [-0.2, -0.15) is 0 Å². The van der Waals surface area contributed by atoms with Gasteiger partial charge in [0.2, 0.25) is 5.78 Å². The molecule has 0 aliphatic rings. The van der Waals surface area contributed by atoms with Gasteiger partial charge in [-0.15, -0.1) is 0 Å². The third kappa shape index (κ3) is 6.09. The van der Waals surface area contributed by atoms with Gasteiger partial charge in [0, 0.05) is 6.42 Å². The van der Waals surface area contributed by atoms with Crippen molar-refractivity contribution in [3.8, 4) is 11.5 Å². The molecule has 2 rings (SSSR count). The lowest BCUT2D eigenvalue weighted by Gasteiger charge is -2.10. The number of ether oxygens (including phenoxy) is 3. The topological polar surface area (TPSA) is 78.9 Å². The van der Waals surface area contributed by atoms with Crippen molar-refractivity contribution < 1.29 is 28.6 Å². The molecule has 6 heteroatoms. The summed E-state index contributed by atoms with van der Waals surface area (Å²) < 4.78 is 15.5. The van der Waals surface area contributed by atoms with Gasteiger partial charge >= 0.3 is 11.9 Å². The van der Waals surface area contributed by atoms with Gasteiger partial charge in [-0.25, -0.2) is 9.59 Å². The van der Waals surface area contributed by atoms with Crippen molar-refractivity contribution in [2.45, 2.75) is 20.3 Å². The quantitative estimate of drug-likeness (QED) is 0.371. The van der Waals surface area contributed by atoms with Crippen LogP contribution < -0.4 is 4.74 Å². The Labute approximate surface area is 163 Å². The van der Waals surface area contributed by atoms with Crippen LogP contribution in [0.3, 0.4) is 0 Å². The van der Waals surface area contributed by atoms with Crippen LogP contribution in [0.25, 0.3) is 5.57 Å². The van der Waals surface area contributed by atoms with Crippen molar-refractivity contribution in [2.75, 3.05) is 13.2 Å². The van der Waals surface area contributed by atoms with Crippen molar-refractivity contribution in [3.63, 3.8) is 0 Å². The van der Waals surface area contributed by atoms with E-state index in [1.54, 1.807) is 38.1 Å². The zero-order chi connectivity index (χ0) is 20.4. The van der Waals surface area contributed by atoms with Crippen molar-refractivity contribution >= 4 is 23.3 Å². The van der Waals surface area contributed by atoms with Crippen molar-refractivity contribution in [1.29, 1.82) is 0 Å². The second-order valence-electron chi connectivity index (χ2n) is 5.63. The highest BCUT2D eigenvalue weighted by atomic mass is 16.5. The third-order valence-corrected chi connectivity index (χ3v) is 3.61. The fourth-order valence-corrected chi connectivity index (χ4v) is 2.37. The Hall–Kier alpha value is -3.41. The predicted molar refractivity (Wildman–Crippen MR) is 104 cm³/mol. The first kappa shape index (κ1) is 20.9. The number of hydrogen-bond donors (Lipinski definition) is 0. The highest BCUT2D eigenvalue weighted by molar-refractivity contribution is 6.34. The summed E-state index contributed by atoms with van der Waals surface area (Å²) in [6.07, 6.45) is 1.11. The van der Waals surface area contributed by atoms with Gasteiger partial charge in [-0.3, -0.25) is 4.79 Å². The van der Waals surface area contributed by atoms with Crippen LogP contribution in [0.15, 0.2) is 60.7 Å². The van der Waals surface area contributed by atoms with Gasteiger partial charge < -0.3 is 14.2 Å². The number of benzene rings is 2. The molecule has 0 heterocycles. The van der Waals surface area contributed by atoms with Crippen LogP contribution >= 0.6 is 0 Å². The molecule has 2 aromatic carbocycles. The zero-order valence-corrected chi connectivity index (χ0v) is 15.8. The SMILES string of the molecule is CCOC(=O)C(=O)CC=C(C(=O)OCC)c1cccc(Oc2ccccc2)c1. The molecule has 0 fully saturated rings. The summed E-state index contributed by atoms with van der Waals surface area (Å²) in [4.78, 5) is 35.7.